The molecule has 2 rings (SSSR count). The fraction of sp³-hybridized carbons (Fsp3) is 0.308. The number of furan rings is 1. The summed E-state index contributed by atoms with van der Waals surface area (Å²) in [5.41, 5.74) is 5.72. The van der Waals surface area contributed by atoms with Gasteiger partial charge in [0, 0.05) is 11.4 Å². The Kier molecular flexibility index (Phi) is 5.00. The second kappa shape index (κ2) is 6.96. The summed E-state index contributed by atoms with van der Waals surface area (Å²) in [6.07, 6.45) is 1.67. The van der Waals surface area contributed by atoms with Crippen LogP contribution in [0.2, 0.25) is 0 Å². The molecule has 0 aromatic carbocycles. The molecule has 0 aliphatic carbocycles. The molecule has 0 radical (unpaired) electrons. The Bertz CT molecular complexity index is 494. The van der Waals surface area contributed by atoms with Crippen molar-refractivity contribution in [1.82, 2.24) is 5.32 Å². The van der Waals surface area contributed by atoms with E-state index in [9.17, 15) is 5.11 Å². The van der Waals surface area contributed by atoms with Crippen LogP contribution in [-0.2, 0) is 6.42 Å². The maximum atomic E-state index is 9.75. The van der Waals surface area contributed by atoms with Gasteiger partial charge in [-0.15, -0.1) is 11.3 Å². The first kappa shape index (κ1) is 13.6. The smallest absolute Gasteiger partial charge is 0.188 e. The van der Waals surface area contributed by atoms with Gasteiger partial charge in [0.05, 0.1) is 12.8 Å². The topological polar surface area (TPSA) is 83.8 Å². The van der Waals surface area contributed by atoms with Gasteiger partial charge in [-0.2, -0.15) is 0 Å². The number of thiophene rings is 1. The first-order valence-corrected chi connectivity index (χ1v) is 6.91. The molecule has 0 spiro atoms. The van der Waals surface area contributed by atoms with Gasteiger partial charge in [-0.3, -0.25) is 4.99 Å². The minimum atomic E-state index is -0.757. The fourth-order valence-electron chi connectivity index (χ4n) is 1.58. The predicted molar refractivity (Wildman–Crippen MR) is 76.2 cm³/mol. The summed E-state index contributed by atoms with van der Waals surface area (Å²) in [5.74, 6) is 0.831. The quantitative estimate of drug-likeness (QED) is 0.553. The maximum Gasteiger partial charge on any atom is 0.188 e. The van der Waals surface area contributed by atoms with Crippen molar-refractivity contribution in [1.29, 1.82) is 0 Å². The van der Waals surface area contributed by atoms with E-state index < -0.39 is 6.10 Å². The zero-order valence-electron chi connectivity index (χ0n) is 10.5. The average molecular weight is 279 g/mol. The van der Waals surface area contributed by atoms with Crippen molar-refractivity contribution in [3.63, 3.8) is 0 Å². The lowest BCUT2D eigenvalue weighted by Gasteiger charge is -2.07. The monoisotopic (exact) mass is 279 g/mol. The lowest BCUT2D eigenvalue weighted by molar-refractivity contribution is 0.158. The van der Waals surface area contributed by atoms with Crippen molar-refractivity contribution in [2.24, 2.45) is 10.7 Å². The van der Waals surface area contributed by atoms with Crippen molar-refractivity contribution in [3.8, 4) is 0 Å². The van der Waals surface area contributed by atoms with Crippen LogP contribution in [0.4, 0.5) is 0 Å². The second-order valence-electron chi connectivity index (χ2n) is 4.01. The van der Waals surface area contributed by atoms with E-state index in [2.05, 4.69) is 16.4 Å². The molecule has 1 atom stereocenters. The zero-order valence-corrected chi connectivity index (χ0v) is 11.3. The maximum absolute atomic E-state index is 9.75. The molecule has 19 heavy (non-hydrogen) atoms. The standard InChI is InChI=1S/C13H17N3O2S/c14-13(15-6-5-10-3-2-8-19-10)16-9-11(17)12-4-1-7-18-12/h1-4,7-8,11,17H,5-6,9H2,(H3,14,15,16). The molecule has 0 aliphatic heterocycles. The van der Waals surface area contributed by atoms with Crippen molar-refractivity contribution < 1.29 is 9.52 Å². The van der Waals surface area contributed by atoms with E-state index in [-0.39, 0.29) is 6.54 Å². The Morgan fingerprint density at radius 1 is 1.47 bits per heavy atom. The van der Waals surface area contributed by atoms with Crippen LogP contribution in [0.1, 0.15) is 16.7 Å². The first-order chi connectivity index (χ1) is 9.25. The van der Waals surface area contributed by atoms with Crippen LogP contribution in [0.5, 0.6) is 0 Å². The molecule has 2 aromatic rings. The molecule has 1 unspecified atom stereocenters. The summed E-state index contributed by atoms with van der Waals surface area (Å²) in [4.78, 5) is 5.38. The van der Waals surface area contributed by atoms with Gasteiger partial charge in [-0.05, 0) is 30.0 Å². The summed E-state index contributed by atoms with van der Waals surface area (Å²) in [6.45, 7) is 0.915. The van der Waals surface area contributed by atoms with Gasteiger partial charge in [0.2, 0.25) is 0 Å². The summed E-state index contributed by atoms with van der Waals surface area (Å²) in [5, 5.41) is 14.8. The van der Waals surface area contributed by atoms with Crippen molar-refractivity contribution in [2.45, 2.75) is 12.5 Å². The number of nitrogens with one attached hydrogen (secondary N) is 1. The van der Waals surface area contributed by atoms with Gasteiger partial charge in [0.15, 0.2) is 5.96 Å². The molecular formula is C13H17N3O2S. The highest BCUT2D eigenvalue weighted by Gasteiger charge is 2.09. The highest BCUT2D eigenvalue weighted by Crippen LogP contribution is 2.12. The summed E-state index contributed by atoms with van der Waals surface area (Å²) in [6, 6.07) is 7.54. The fourth-order valence-corrected chi connectivity index (χ4v) is 2.29. The largest absolute Gasteiger partial charge is 0.467 e. The van der Waals surface area contributed by atoms with Crippen molar-refractivity contribution >= 4 is 17.3 Å². The van der Waals surface area contributed by atoms with E-state index in [4.69, 9.17) is 10.2 Å². The number of aliphatic imine (C=N–C) groups is 1. The summed E-state index contributed by atoms with van der Waals surface area (Å²) in [7, 11) is 0. The highest BCUT2D eigenvalue weighted by atomic mass is 32.1. The molecule has 5 nitrogen and oxygen atoms in total. The predicted octanol–water partition coefficient (Wildman–Crippen LogP) is 1.52. The Labute approximate surface area is 115 Å². The van der Waals surface area contributed by atoms with Crippen molar-refractivity contribution in [2.75, 3.05) is 13.1 Å². The lowest BCUT2D eigenvalue weighted by Crippen LogP contribution is -2.33. The lowest BCUT2D eigenvalue weighted by atomic mass is 10.3. The van der Waals surface area contributed by atoms with Crippen molar-refractivity contribution in [3.05, 3.63) is 46.5 Å². The van der Waals surface area contributed by atoms with E-state index in [0.717, 1.165) is 13.0 Å². The number of aliphatic hydroxyl groups is 1. The number of nitrogens with zero attached hydrogens (tertiary/aromatic N) is 1. The molecule has 2 aromatic heterocycles. The van der Waals surface area contributed by atoms with Gasteiger partial charge >= 0.3 is 0 Å². The van der Waals surface area contributed by atoms with Crippen LogP contribution in [0.15, 0.2) is 45.3 Å². The highest BCUT2D eigenvalue weighted by molar-refractivity contribution is 7.09. The SMILES string of the molecule is NC(=NCC(O)c1ccco1)NCCc1cccs1. The summed E-state index contributed by atoms with van der Waals surface area (Å²) >= 11 is 1.72. The molecule has 2 heterocycles. The number of hydrogen-bond acceptors (Lipinski definition) is 4. The Morgan fingerprint density at radius 3 is 3.05 bits per heavy atom. The third-order valence-electron chi connectivity index (χ3n) is 2.56. The molecule has 0 amide bonds. The molecule has 0 bridgehead atoms. The number of rotatable bonds is 6. The van der Waals surface area contributed by atoms with Gasteiger partial charge in [0.25, 0.3) is 0 Å². The molecule has 6 heteroatoms. The van der Waals surface area contributed by atoms with Gasteiger partial charge in [-0.25, -0.2) is 0 Å². The molecular weight excluding hydrogens is 262 g/mol. The second-order valence-corrected chi connectivity index (χ2v) is 5.05. The molecule has 0 aliphatic rings. The third kappa shape index (κ3) is 4.42. The van der Waals surface area contributed by atoms with Crippen LogP contribution in [0.3, 0.4) is 0 Å². The van der Waals surface area contributed by atoms with Gasteiger partial charge in [0.1, 0.15) is 11.9 Å². The van der Waals surface area contributed by atoms with Crippen LogP contribution in [-0.4, -0.2) is 24.2 Å². The first-order valence-electron chi connectivity index (χ1n) is 6.03. The average Bonchev–Trinajstić information content (AvgIpc) is 3.08. The van der Waals surface area contributed by atoms with Crippen LogP contribution in [0, 0.1) is 0 Å². The Balaban J connectivity index is 1.70. The molecule has 0 fully saturated rings. The minimum Gasteiger partial charge on any atom is -0.467 e. The summed E-state index contributed by atoms with van der Waals surface area (Å²) < 4.78 is 5.08. The van der Waals surface area contributed by atoms with E-state index in [0.29, 0.717) is 11.7 Å². The van der Waals surface area contributed by atoms with Gasteiger partial charge in [-0.1, -0.05) is 6.07 Å². The van der Waals surface area contributed by atoms with E-state index in [1.165, 1.54) is 11.1 Å². The number of aliphatic hydroxyl groups excluding tert-OH is 1. The third-order valence-corrected chi connectivity index (χ3v) is 3.50. The Hall–Kier alpha value is -1.79. The molecule has 102 valence electrons. The van der Waals surface area contributed by atoms with Crippen LogP contribution in [0.25, 0.3) is 0 Å². The van der Waals surface area contributed by atoms with E-state index in [1.807, 2.05) is 11.4 Å². The Morgan fingerprint density at radius 2 is 2.37 bits per heavy atom. The minimum absolute atomic E-state index is 0.186. The molecule has 4 N–H and O–H groups in total. The van der Waals surface area contributed by atoms with Crippen LogP contribution < -0.4 is 11.1 Å². The number of hydrogen-bond donors (Lipinski definition) is 3. The van der Waals surface area contributed by atoms with Gasteiger partial charge < -0.3 is 20.6 Å². The van der Waals surface area contributed by atoms with E-state index >= 15 is 0 Å². The molecule has 0 saturated carbocycles. The molecule has 0 saturated heterocycles. The van der Waals surface area contributed by atoms with E-state index in [1.54, 1.807) is 23.5 Å². The number of nitrogens with two attached hydrogens (primary N) is 1. The normalized spacial score (nSPS) is 13.4. The number of guanidine groups is 1. The van der Waals surface area contributed by atoms with Crippen LogP contribution >= 0.6 is 11.3 Å². The zero-order chi connectivity index (χ0) is 13.5.